The van der Waals surface area contributed by atoms with Crippen molar-refractivity contribution in [3.05, 3.63) is 46.3 Å². The third kappa shape index (κ3) is 3.37. The number of thioether (sulfide) groups is 1. The Balaban J connectivity index is 1.94. The number of aromatic nitrogens is 2. The second kappa shape index (κ2) is 6.17. The molecule has 0 bridgehead atoms. The van der Waals surface area contributed by atoms with Gasteiger partial charge in [-0.15, -0.1) is 0 Å². The Morgan fingerprint density at radius 1 is 1.17 bits per heavy atom. The summed E-state index contributed by atoms with van der Waals surface area (Å²) in [7, 11) is 1.56. The summed E-state index contributed by atoms with van der Waals surface area (Å²) in [6.45, 7) is 0. The predicted octanol–water partition coefficient (Wildman–Crippen LogP) is 2.05. The summed E-state index contributed by atoms with van der Waals surface area (Å²) in [5, 5.41) is 1.28. The lowest BCUT2D eigenvalue weighted by Crippen LogP contribution is -2.02. The maximum atomic E-state index is 11.7. The number of anilines is 2. The van der Waals surface area contributed by atoms with Crippen molar-refractivity contribution in [2.24, 2.45) is 0 Å². The Kier molecular flexibility index (Phi) is 4.07. The van der Waals surface area contributed by atoms with Gasteiger partial charge >= 0.3 is 5.63 Å². The average molecular weight is 330 g/mol. The van der Waals surface area contributed by atoms with Gasteiger partial charge in [0.1, 0.15) is 23.0 Å². The van der Waals surface area contributed by atoms with Crippen LogP contribution in [-0.2, 0) is 5.75 Å². The van der Waals surface area contributed by atoms with Gasteiger partial charge in [0, 0.05) is 29.3 Å². The zero-order chi connectivity index (χ0) is 16.4. The molecule has 2 heterocycles. The van der Waals surface area contributed by atoms with Crippen LogP contribution < -0.4 is 21.8 Å². The van der Waals surface area contributed by atoms with Crippen molar-refractivity contribution in [1.29, 1.82) is 0 Å². The Morgan fingerprint density at radius 2 is 1.91 bits per heavy atom. The summed E-state index contributed by atoms with van der Waals surface area (Å²) in [6.07, 6.45) is 0. The number of nitrogen functional groups attached to an aromatic ring is 2. The second-order valence-electron chi connectivity index (χ2n) is 4.74. The first-order valence-corrected chi connectivity index (χ1v) is 7.67. The number of nitrogens with two attached hydrogens (primary N) is 2. The van der Waals surface area contributed by atoms with Gasteiger partial charge in [-0.2, -0.15) is 0 Å². The Bertz CT molecular complexity index is 906. The minimum atomic E-state index is -0.422. The topological polar surface area (TPSA) is 117 Å². The van der Waals surface area contributed by atoms with E-state index in [1.165, 1.54) is 23.9 Å². The summed E-state index contributed by atoms with van der Waals surface area (Å²) < 4.78 is 10.4. The molecule has 0 saturated carbocycles. The van der Waals surface area contributed by atoms with E-state index in [2.05, 4.69) is 9.97 Å². The number of ether oxygens (including phenoxy) is 1. The standard InChI is InChI=1S/C15H14N4O3S/c1-21-9-2-3-10-8(4-14(20)22-11(10)5-9)7-23-15-18-12(16)6-13(17)19-15/h2-6H,7H2,1H3,(H4,16,17,18,19). The van der Waals surface area contributed by atoms with Crippen LogP contribution in [0.3, 0.4) is 0 Å². The SMILES string of the molecule is COc1ccc2c(CSc3nc(N)cc(N)n3)cc(=O)oc2c1. The van der Waals surface area contributed by atoms with Gasteiger partial charge < -0.3 is 20.6 Å². The molecular formula is C15H14N4O3S. The van der Waals surface area contributed by atoms with Gasteiger partial charge in [0.2, 0.25) is 0 Å². The number of nitrogens with zero attached hydrogens (tertiary/aromatic N) is 2. The minimum Gasteiger partial charge on any atom is -0.497 e. The first-order valence-electron chi connectivity index (χ1n) is 6.69. The monoisotopic (exact) mass is 330 g/mol. The third-order valence-corrected chi connectivity index (χ3v) is 4.04. The molecule has 118 valence electrons. The van der Waals surface area contributed by atoms with Gasteiger partial charge in [-0.1, -0.05) is 11.8 Å². The fourth-order valence-electron chi connectivity index (χ4n) is 2.13. The quantitative estimate of drug-likeness (QED) is 0.424. The summed E-state index contributed by atoms with van der Waals surface area (Å²) in [4.78, 5) is 19.9. The van der Waals surface area contributed by atoms with Gasteiger partial charge in [0.15, 0.2) is 5.16 Å². The van der Waals surface area contributed by atoms with Crippen molar-refractivity contribution in [3.63, 3.8) is 0 Å². The maximum Gasteiger partial charge on any atom is 0.336 e. The fraction of sp³-hybridized carbons (Fsp3) is 0.133. The number of hydrogen-bond acceptors (Lipinski definition) is 8. The van der Waals surface area contributed by atoms with Gasteiger partial charge in [-0.05, 0) is 17.7 Å². The molecule has 0 atom stereocenters. The molecule has 7 nitrogen and oxygen atoms in total. The highest BCUT2D eigenvalue weighted by Crippen LogP contribution is 2.27. The molecule has 3 rings (SSSR count). The molecule has 0 aliphatic carbocycles. The molecule has 0 aliphatic heterocycles. The normalized spacial score (nSPS) is 10.8. The summed E-state index contributed by atoms with van der Waals surface area (Å²) >= 11 is 1.34. The van der Waals surface area contributed by atoms with Crippen LogP contribution in [0.4, 0.5) is 11.6 Å². The zero-order valence-electron chi connectivity index (χ0n) is 12.3. The molecular weight excluding hydrogens is 316 g/mol. The molecule has 23 heavy (non-hydrogen) atoms. The van der Waals surface area contributed by atoms with E-state index < -0.39 is 5.63 Å². The molecule has 8 heteroatoms. The summed E-state index contributed by atoms with van der Waals surface area (Å²) in [6, 6.07) is 8.29. The zero-order valence-corrected chi connectivity index (χ0v) is 13.1. The number of methoxy groups -OCH3 is 1. The van der Waals surface area contributed by atoms with Crippen molar-refractivity contribution in [2.45, 2.75) is 10.9 Å². The van der Waals surface area contributed by atoms with Crippen LogP contribution in [0.2, 0.25) is 0 Å². The van der Waals surface area contributed by atoms with Crippen LogP contribution in [0.15, 0.2) is 44.7 Å². The lowest BCUT2D eigenvalue weighted by atomic mass is 10.1. The van der Waals surface area contributed by atoms with Crippen molar-refractivity contribution >= 4 is 34.4 Å². The van der Waals surface area contributed by atoms with Crippen molar-refractivity contribution < 1.29 is 9.15 Å². The second-order valence-corrected chi connectivity index (χ2v) is 5.68. The minimum absolute atomic E-state index is 0.308. The van der Waals surface area contributed by atoms with Crippen LogP contribution in [0, 0.1) is 0 Å². The molecule has 3 aromatic rings. The first kappa shape index (κ1) is 15.2. The van der Waals surface area contributed by atoms with E-state index in [1.807, 2.05) is 12.1 Å². The van der Waals surface area contributed by atoms with Crippen molar-refractivity contribution in [1.82, 2.24) is 9.97 Å². The van der Waals surface area contributed by atoms with Gasteiger partial charge in [-0.25, -0.2) is 14.8 Å². The molecule has 0 unspecified atom stereocenters. The van der Waals surface area contributed by atoms with E-state index in [1.54, 1.807) is 13.2 Å². The Hall–Kier alpha value is -2.74. The molecule has 0 saturated heterocycles. The summed E-state index contributed by atoms with van der Waals surface area (Å²) in [5.41, 5.74) is 12.2. The van der Waals surface area contributed by atoms with Crippen molar-refractivity contribution in [2.75, 3.05) is 18.6 Å². The predicted molar refractivity (Wildman–Crippen MR) is 89.5 cm³/mol. The highest BCUT2D eigenvalue weighted by atomic mass is 32.2. The fourth-order valence-corrected chi connectivity index (χ4v) is 2.99. The number of rotatable bonds is 4. The lowest BCUT2D eigenvalue weighted by Gasteiger charge is -2.07. The average Bonchev–Trinajstić information content (AvgIpc) is 2.50. The van der Waals surface area contributed by atoms with Crippen LogP contribution in [0.1, 0.15) is 5.56 Å². The van der Waals surface area contributed by atoms with Crippen LogP contribution in [0.5, 0.6) is 5.75 Å². The molecule has 1 aromatic carbocycles. The number of fused-ring (bicyclic) bond motifs is 1. The van der Waals surface area contributed by atoms with Gasteiger partial charge in [0.05, 0.1) is 7.11 Å². The molecule has 0 spiro atoms. The van der Waals surface area contributed by atoms with E-state index in [9.17, 15) is 4.79 Å². The smallest absolute Gasteiger partial charge is 0.336 e. The van der Waals surface area contributed by atoms with E-state index in [-0.39, 0.29) is 0 Å². The van der Waals surface area contributed by atoms with E-state index in [0.717, 1.165) is 10.9 Å². The first-order chi connectivity index (χ1) is 11.0. The van der Waals surface area contributed by atoms with Crippen LogP contribution >= 0.6 is 11.8 Å². The molecule has 4 N–H and O–H groups in total. The van der Waals surface area contributed by atoms with Gasteiger partial charge in [-0.3, -0.25) is 0 Å². The van der Waals surface area contributed by atoms with Gasteiger partial charge in [0.25, 0.3) is 0 Å². The van der Waals surface area contributed by atoms with Crippen LogP contribution in [0.25, 0.3) is 11.0 Å². The third-order valence-electron chi connectivity index (χ3n) is 3.14. The summed E-state index contributed by atoms with van der Waals surface area (Å²) in [5.74, 6) is 1.72. The number of hydrogen-bond donors (Lipinski definition) is 2. The highest BCUT2D eigenvalue weighted by molar-refractivity contribution is 7.98. The lowest BCUT2D eigenvalue weighted by molar-refractivity contribution is 0.414. The van der Waals surface area contributed by atoms with E-state index in [0.29, 0.717) is 33.9 Å². The van der Waals surface area contributed by atoms with E-state index in [4.69, 9.17) is 20.6 Å². The molecule has 0 fully saturated rings. The van der Waals surface area contributed by atoms with Crippen molar-refractivity contribution in [3.8, 4) is 5.75 Å². The van der Waals surface area contributed by atoms with Crippen LogP contribution in [-0.4, -0.2) is 17.1 Å². The molecule has 2 aromatic heterocycles. The highest BCUT2D eigenvalue weighted by Gasteiger charge is 2.09. The molecule has 0 amide bonds. The Labute approximate surface area is 135 Å². The largest absolute Gasteiger partial charge is 0.497 e. The molecule has 0 aliphatic rings. The Morgan fingerprint density at radius 3 is 2.61 bits per heavy atom. The number of benzene rings is 1. The maximum absolute atomic E-state index is 11.7. The molecule has 0 radical (unpaired) electrons. The van der Waals surface area contributed by atoms with E-state index >= 15 is 0 Å².